The number of allylic oxidation sites excluding steroid dienone is 2. The first-order valence-electron chi connectivity index (χ1n) is 6.63. The molecular formula is C15H24O. The van der Waals surface area contributed by atoms with Gasteiger partial charge in [0.1, 0.15) is 0 Å². The van der Waals surface area contributed by atoms with E-state index in [0.717, 1.165) is 25.7 Å². The highest BCUT2D eigenvalue weighted by atomic mass is 16.1. The van der Waals surface area contributed by atoms with Gasteiger partial charge in [-0.25, -0.2) is 0 Å². The van der Waals surface area contributed by atoms with Crippen molar-refractivity contribution in [2.45, 2.75) is 60.3 Å². The van der Waals surface area contributed by atoms with E-state index in [9.17, 15) is 4.79 Å². The third kappa shape index (κ3) is 1.26. The first-order chi connectivity index (χ1) is 7.35. The number of Topliss-reactive ketones (excluding diaryl/α,β-unsaturated/α-hetero) is 1. The van der Waals surface area contributed by atoms with Crippen LogP contribution in [0.3, 0.4) is 0 Å². The van der Waals surface area contributed by atoms with Crippen LogP contribution in [0.25, 0.3) is 0 Å². The van der Waals surface area contributed by atoms with Crippen LogP contribution >= 0.6 is 0 Å². The van der Waals surface area contributed by atoms with Crippen LogP contribution < -0.4 is 0 Å². The molecule has 1 nitrogen and oxygen atoms in total. The molecule has 2 aliphatic rings. The van der Waals surface area contributed by atoms with E-state index in [-0.39, 0.29) is 10.8 Å². The maximum atomic E-state index is 12.2. The molecule has 0 bridgehead atoms. The summed E-state index contributed by atoms with van der Waals surface area (Å²) in [6.45, 7) is 11.5. The van der Waals surface area contributed by atoms with Gasteiger partial charge in [0.05, 0.1) is 0 Å². The van der Waals surface area contributed by atoms with E-state index in [0.29, 0.717) is 11.7 Å². The smallest absolute Gasteiger partial charge is 0.159 e. The van der Waals surface area contributed by atoms with Crippen molar-refractivity contribution in [3.63, 3.8) is 0 Å². The number of carbonyl (C=O) groups excluding carboxylic acids is 1. The van der Waals surface area contributed by atoms with Gasteiger partial charge in [-0.05, 0) is 36.0 Å². The molecule has 0 radical (unpaired) electrons. The Morgan fingerprint density at radius 2 is 1.88 bits per heavy atom. The van der Waals surface area contributed by atoms with Crippen LogP contribution in [0, 0.1) is 16.7 Å². The quantitative estimate of drug-likeness (QED) is 0.649. The lowest BCUT2D eigenvalue weighted by molar-refractivity contribution is -0.117. The number of ketones is 1. The third-order valence-corrected chi connectivity index (χ3v) is 5.52. The summed E-state index contributed by atoms with van der Waals surface area (Å²) in [6.07, 6.45) is 4.15. The summed E-state index contributed by atoms with van der Waals surface area (Å²) in [6, 6.07) is 0. The molecule has 0 aromatic rings. The zero-order valence-electron chi connectivity index (χ0n) is 11.3. The Morgan fingerprint density at radius 3 is 2.44 bits per heavy atom. The van der Waals surface area contributed by atoms with Crippen LogP contribution in [0.2, 0.25) is 0 Å². The predicted octanol–water partition coefficient (Wildman–Crippen LogP) is 4.13. The first-order valence-corrected chi connectivity index (χ1v) is 6.63. The molecule has 0 saturated heterocycles. The lowest BCUT2D eigenvalue weighted by Gasteiger charge is -2.37. The zero-order chi connectivity index (χ0) is 12.1. The first kappa shape index (κ1) is 11.9. The molecule has 16 heavy (non-hydrogen) atoms. The Hall–Kier alpha value is -0.590. The van der Waals surface area contributed by atoms with Crippen LogP contribution in [-0.2, 0) is 4.79 Å². The molecule has 2 rings (SSSR count). The standard InChI is InChI=1S/C15H24O/c1-6-15(5)10(2)14(3,4)13-11(15)8-7-9-12(13)16/h10H,6-9H2,1-5H3. The molecular weight excluding hydrogens is 196 g/mol. The van der Waals surface area contributed by atoms with E-state index < -0.39 is 0 Å². The summed E-state index contributed by atoms with van der Waals surface area (Å²) in [5.41, 5.74) is 3.02. The Kier molecular flexibility index (Phi) is 2.56. The highest BCUT2D eigenvalue weighted by Gasteiger charge is 2.53. The van der Waals surface area contributed by atoms with E-state index in [1.807, 2.05) is 0 Å². The lowest BCUT2D eigenvalue weighted by Crippen LogP contribution is -2.30. The van der Waals surface area contributed by atoms with E-state index in [1.165, 1.54) is 11.1 Å². The normalized spacial score (nSPS) is 37.8. The second kappa shape index (κ2) is 3.45. The van der Waals surface area contributed by atoms with Gasteiger partial charge in [0.2, 0.25) is 0 Å². The second-order valence-corrected chi connectivity index (χ2v) is 6.34. The van der Waals surface area contributed by atoms with Gasteiger partial charge in [-0.15, -0.1) is 0 Å². The van der Waals surface area contributed by atoms with Gasteiger partial charge in [0.25, 0.3) is 0 Å². The topological polar surface area (TPSA) is 17.1 Å². The summed E-state index contributed by atoms with van der Waals surface area (Å²) >= 11 is 0. The van der Waals surface area contributed by atoms with Crippen molar-refractivity contribution in [1.29, 1.82) is 0 Å². The minimum atomic E-state index is 0.0809. The van der Waals surface area contributed by atoms with E-state index in [2.05, 4.69) is 34.6 Å². The fourth-order valence-corrected chi connectivity index (χ4v) is 3.96. The summed E-state index contributed by atoms with van der Waals surface area (Å²) in [5, 5.41) is 0. The average Bonchev–Trinajstić information content (AvgIpc) is 2.40. The van der Waals surface area contributed by atoms with Crippen molar-refractivity contribution in [2.24, 2.45) is 16.7 Å². The van der Waals surface area contributed by atoms with Crippen LogP contribution in [0.5, 0.6) is 0 Å². The van der Waals surface area contributed by atoms with E-state index >= 15 is 0 Å². The fourth-order valence-electron chi connectivity index (χ4n) is 3.96. The predicted molar refractivity (Wildman–Crippen MR) is 67.2 cm³/mol. The molecule has 0 aliphatic heterocycles. The molecule has 2 atom stereocenters. The summed E-state index contributed by atoms with van der Waals surface area (Å²) < 4.78 is 0. The van der Waals surface area contributed by atoms with Crippen LogP contribution in [0.15, 0.2) is 11.1 Å². The molecule has 0 spiro atoms. The third-order valence-electron chi connectivity index (χ3n) is 5.52. The van der Waals surface area contributed by atoms with Crippen molar-refractivity contribution in [1.82, 2.24) is 0 Å². The summed E-state index contributed by atoms with van der Waals surface area (Å²) in [5.74, 6) is 1.01. The second-order valence-electron chi connectivity index (χ2n) is 6.34. The van der Waals surface area contributed by atoms with Gasteiger partial charge in [-0.3, -0.25) is 4.79 Å². The number of hydrogen-bond donors (Lipinski definition) is 0. The van der Waals surface area contributed by atoms with Crippen LogP contribution in [-0.4, -0.2) is 5.78 Å². The molecule has 0 N–H and O–H groups in total. The summed E-state index contributed by atoms with van der Waals surface area (Å²) in [4.78, 5) is 12.2. The molecule has 90 valence electrons. The number of carbonyl (C=O) groups is 1. The molecule has 2 aliphatic carbocycles. The van der Waals surface area contributed by atoms with E-state index in [1.54, 1.807) is 0 Å². The average molecular weight is 220 g/mol. The molecule has 0 saturated carbocycles. The van der Waals surface area contributed by atoms with Gasteiger partial charge < -0.3 is 0 Å². The minimum absolute atomic E-state index is 0.0809. The highest BCUT2D eigenvalue weighted by Crippen LogP contribution is 2.61. The Bertz CT molecular complexity index is 362. The molecule has 2 unspecified atom stereocenters. The largest absolute Gasteiger partial charge is 0.295 e. The maximum Gasteiger partial charge on any atom is 0.159 e. The maximum absolute atomic E-state index is 12.2. The molecule has 0 aromatic carbocycles. The molecule has 0 fully saturated rings. The van der Waals surface area contributed by atoms with Gasteiger partial charge in [0.15, 0.2) is 5.78 Å². The van der Waals surface area contributed by atoms with E-state index in [4.69, 9.17) is 0 Å². The van der Waals surface area contributed by atoms with Gasteiger partial charge in [0, 0.05) is 12.0 Å². The van der Waals surface area contributed by atoms with Gasteiger partial charge in [-0.1, -0.05) is 40.2 Å². The molecule has 1 heteroatoms. The Balaban J connectivity index is 2.60. The SMILES string of the molecule is CCC1(C)C2=C(C(=O)CCC2)C(C)(C)C1C. The zero-order valence-corrected chi connectivity index (χ0v) is 11.3. The van der Waals surface area contributed by atoms with Crippen molar-refractivity contribution >= 4 is 5.78 Å². The highest BCUT2D eigenvalue weighted by molar-refractivity contribution is 5.99. The molecule has 0 amide bonds. The van der Waals surface area contributed by atoms with Crippen molar-refractivity contribution < 1.29 is 4.79 Å². The number of hydrogen-bond acceptors (Lipinski definition) is 1. The van der Waals surface area contributed by atoms with Crippen molar-refractivity contribution in [3.8, 4) is 0 Å². The monoisotopic (exact) mass is 220 g/mol. The van der Waals surface area contributed by atoms with Crippen LogP contribution in [0.1, 0.15) is 60.3 Å². The fraction of sp³-hybridized carbons (Fsp3) is 0.800. The van der Waals surface area contributed by atoms with Gasteiger partial charge >= 0.3 is 0 Å². The molecule has 0 aromatic heterocycles. The Labute approximate surface area is 99.3 Å². The lowest BCUT2D eigenvalue weighted by atomic mass is 9.67. The van der Waals surface area contributed by atoms with Gasteiger partial charge in [-0.2, -0.15) is 0 Å². The minimum Gasteiger partial charge on any atom is -0.295 e. The molecule has 0 heterocycles. The van der Waals surface area contributed by atoms with Crippen LogP contribution in [0.4, 0.5) is 0 Å². The number of rotatable bonds is 1. The summed E-state index contributed by atoms with van der Waals surface area (Å²) in [7, 11) is 0. The van der Waals surface area contributed by atoms with Crippen molar-refractivity contribution in [2.75, 3.05) is 0 Å². The Morgan fingerprint density at radius 1 is 1.25 bits per heavy atom. The van der Waals surface area contributed by atoms with Crippen molar-refractivity contribution in [3.05, 3.63) is 11.1 Å².